The third kappa shape index (κ3) is 3.42. The van der Waals surface area contributed by atoms with E-state index in [-0.39, 0.29) is 11.8 Å². The van der Waals surface area contributed by atoms with Gasteiger partial charge in [-0.3, -0.25) is 4.79 Å². The number of carbonyl (C=O) groups is 1. The number of nitrogen functional groups attached to an aromatic ring is 1. The first kappa shape index (κ1) is 12.8. The maximum absolute atomic E-state index is 10.8. The molecular formula is C12H17ClN2O. The van der Waals surface area contributed by atoms with Crippen molar-refractivity contribution in [2.24, 2.45) is 5.73 Å². The Bertz CT molecular complexity index is 379. The van der Waals surface area contributed by atoms with Gasteiger partial charge in [-0.05, 0) is 42.5 Å². The van der Waals surface area contributed by atoms with Crippen LogP contribution < -0.4 is 11.5 Å². The highest BCUT2D eigenvalue weighted by Crippen LogP contribution is 2.31. The third-order valence-corrected chi connectivity index (χ3v) is 2.96. The molecule has 1 rings (SSSR count). The number of halogens is 1. The summed E-state index contributed by atoms with van der Waals surface area (Å²) >= 11 is 5.93. The first-order valence-corrected chi connectivity index (χ1v) is 5.75. The lowest BCUT2D eigenvalue weighted by molar-refractivity contribution is -0.118. The molecule has 0 aliphatic carbocycles. The van der Waals surface area contributed by atoms with Crippen LogP contribution in [0.2, 0.25) is 5.02 Å². The van der Waals surface area contributed by atoms with Crippen molar-refractivity contribution in [3.8, 4) is 0 Å². The topological polar surface area (TPSA) is 69.1 Å². The van der Waals surface area contributed by atoms with Crippen molar-refractivity contribution in [3.63, 3.8) is 0 Å². The van der Waals surface area contributed by atoms with Crippen LogP contribution in [0.25, 0.3) is 0 Å². The second-order valence-corrected chi connectivity index (χ2v) is 4.32. The fraction of sp³-hybridized carbons (Fsp3) is 0.417. The molecule has 4 N–H and O–H groups in total. The van der Waals surface area contributed by atoms with Gasteiger partial charge in [0.1, 0.15) is 0 Å². The molecule has 0 saturated heterocycles. The molecule has 0 aliphatic rings. The van der Waals surface area contributed by atoms with Gasteiger partial charge in [0, 0.05) is 17.1 Å². The van der Waals surface area contributed by atoms with Crippen LogP contribution in [-0.4, -0.2) is 5.91 Å². The predicted molar refractivity (Wildman–Crippen MR) is 67.3 cm³/mol. The van der Waals surface area contributed by atoms with Crippen LogP contribution in [-0.2, 0) is 4.79 Å². The monoisotopic (exact) mass is 240 g/mol. The highest BCUT2D eigenvalue weighted by atomic mass is 35.5. The van der Waals surface area contributed by atoms with Gasteiger partial charge >= 0.3 is 0 Å². The molecule has 0 bridgehead atoms. The van der Waals surface area contributed by atoms with E-state index in [1.807, 2.05) is 6.07 Å². The molecule has 0 fully saturated rings. The zero-order chi connectivity index (χ0) is 12.1. The molecule has 0 saturated carbocycles. The average Bonchev–Trinajstić information content (AvgIpc) is 2.23. The zero-order valence-electron chi connectivity index (χ0n) is 9.37. The summed E-state index contributed by atoms with van der Waals surface area (Å²) in [5, 5.41) is 0.668. The van der Waals surface area contributed by atoms with Crippen molar-refractivity contribution in [3.05, 3.63) is 28.8 Å². The first-order valence-electron chi connectivity index (χ1n) is 5.37. The molecule has 16 heavy (non-hydrogen) atoms. The molecule has 0 heterocycles. The van der Waals surface area contributed by atoms with Crippen molar-refractivity contribution < 1.29 is 4.79 Å². The molecule has 1 atom stereocenters. The average molecular weight is 241 g/mol. The third-order valence-electron chi connectivity index (χ3n) is 2.72. The number of hydrogen-bond acceptors (Lipinski definition) is 2. The van der Waals surface area contributed by atoms with E-state index in [9.17, 15) is 4.79 Å². The van der Waals surface area contributed by atoms with Gasteiger partial charge in [-0.1, -0.05) is 18.5 Å². The molecule has 0 radical (unpaired) electrons. The Morgan fingerprint density at radius 3 is 2.75 bits per heavy atom. The van der Waals surface area contributed by atoms with E-state index in [1.165, 1.54) is 0 Å². The molecular weight excluding hydrogens is 224 g/mol. The summed E-state index contributed by atoms with van der Waals surface area (Å²) < 4.78 is 0. The van der Waals surface area contributed by atoms with Gasteiger partial charge in [0.15, 0.2) is 0 Å². The number of rotatable bonds is 5. The van der Waals surface area contributed by atoms with Crippen molar-refractivity contribution in [2.45, 2.75) is 32.1 Å². The summed E-state index contributed by atoms with van der Waals surface area (Å²) in [6.07, 6.45) is 2.01. The van der Waals surface area contributed by atoms with E-state index in [0.717, 1.165) is 24.1 Å². The van der Waals surface area contributed by atoms with Gasteiger partial charge in [0.25, 0.3) is 0 Å². The second-order valence-electron chi connectivity index (χ2n) is 3.88. The summed E-state index contributed by atoms with van der Waals surface area (Å²) in [5.74, 6) is -0.0368. The highest BCUT2D eigenvalue weighted by molar-refractivity contribution is 6.30. The Kier molecular flexibility index (Phi) is 4.62. The molecule has 0 aromatic heterocycles. The van der Waals surface area contributed by atoms with Crippen LogP contribution in [0.4, 0.5) is 5.69 Å². The van der Waals surface area contributed by atoms with E-state index in [4.69, 9.17) is 23.1 Å². The van der Waals surface area contributed by atoms with Crippen LogP contribution in [0.3, 0.4) is 0 Å². The van der Waals surface area contributed by atoms with Crippen molar-refractivity contribution in [2.75, 3.05) is 5.73 Å². The van der Waals surface area contributed by atoms with E-state index >= 15 is 0 Å². The lowest BCUT2D eigenvalue weighted by Crippen LogP contribution is -2.12. The van der Waals surface area contributed by atoms with Crippen molar-refractivity contribution in [1.82, 2.24) is 0 Å². The number of benzene rings is 1. The van der Waals surface area contributed by atoms with E-state index in [2.05, 4.69) is 6.92 Å². The van der Waals surface area contributed by atoms with Crippen LogP contribution in [0, 0.1) is 0 Å². The maximum Gasteiger partial charge on any atom is 0.217 e. The van der Waals surface area contributed by atoms with Crippen molar-refractivity contribution >= 4 is 23.2 Å². The molecule has 0 aliphatic heterocycles. The quantitative estimate of drug-likeness (QED) is 0.777. The lowest BCUT2D eigenvalue weighted by Gasteiger charge is -2.17. The largest absolute Gasteiger partial charge is 0.398 e. The van der Waals surface area contributed by atoms with Crippen LogP contribution in [0.1, 0.15) is 37.7 Å². The van der Waals surface area contributed by atoms with Crippen LogP contribution in [0.15, 0.2) is 18.2 Å². The first-order chi connectivity index (χ1) is 7.54. The SMILES string of the molecule is CCC(CCC(N)=O)c1cc(Cl)ccc1N. The molecule has 1 amide bonds. The van der Waals surface area contributed by atoms with Gasteiger partial charge in [0.05, 0.1) is 0 Å². The summed E-state index contributed by atoms with van der Waals surface area (Å²) in [7, 11) is 0. The van der Waals surface area contributed by atoms with Crippen LogP contribution >= 0.6 is 11.6 Å². The predicted octanol–water partition coefficient (Wildman–Crippen LogP) is 2.68. The van der Waals surface area contributed by atoms with Gasteiger partial charge in [-0.15, -0.1) is 0 Å². The number of primary amides is 1. The number of carbonyl (C=O) groups excluding carboxylic acids is 1. The van der Waals surface area contributed by atoms with Gasteiger partial charge in [-0.25, -0.2) is 0 Å². The molecule has 0 spiro atoms. The number of amides is 1. The number of nitrogens with two attached hydrogens (primary N) is 2. The van der Waals surface area contributed by atoms with Gasteiger partial charge < -0.3 is 11.5 Å². The fourth-order valence-electron chi connectivity index (χ4n) is 1.80. The highest BCUT2D eigenvalue weighted by Gasteiger charge is 2.13. The summed E-state index contributed by atoms with van der Waals surface area (Å²) in [5.41, 5.74) is 12.8. The summed E-state index contributed by atoms with van der Waals surface area (Å²) in [6.45, 7) is 2.06. The minimum Gasteiger partial charge on any atom is -0.398 e. The fourth-order valence-corrected chi connectivity index (χ4v) is 1.98. The Morgan fingerprint density at radius 1 is 1.50 bits per heavy atom. The molecule has 1 unspecified atom stereocenters. The minimum absolute atomic E-state index is 0.242. The molecule has 1 aromatic carbocycles. The Labute approximate surface area is 101 Å². The Hall–Kier alpha value is -1.22. The van der Waals surface area contributed by atoms with Gasteiger partial charge in [0.2, 0.25) is 5.91 Å². The molecule has 4 heteroatoms. The number of anilines is 1. The maximum atomic E-state index is 10.8. The Balaban J connectivity index is 2.85. The van der Waals surface area contributed by atoms with E-state index in [1.54, 1.807) is 12.1 Å². The van der Waals surface area contributed by atoms with E-state index < -0.39 is 0 Å². The zero-order valence-corrected chi connectivity index (χ0v) is 10.1. The lowest BCUT2D eigenvalue weighted by atomic mass is 9.90. The number of hydrogen-bond donors (Lipinski definition) is 2. The minimum atomic E-state index is -0.279. The normalized spacial score (nSPS) is 12.4. The standard InChI is InChI=1S/C12H17ClN2O/c1-2-8(3-6-12(15)16)10-7-9(13)4-5-11(10)14/h4-5,7-8H,2-3,6,14H2,1H3,(H2,15,16). The smallest absolute Gasteiger partial charge is 0.217 e. The van der Waals surface area contributed by atoms with Crippen LogP contribution in [0.5, 0.6) is 0 Å². The van der Waals surface area contributed by atoms with Gasteiger partial charge in [-0.2, -0.15) is 0 Å². The molecule has 88 valence electrons. The van der Waals surface area contributed by atoms with E-state index in [0.29, 0.717) is 11.4 Å². The summed E-state index contributed by atoms with van der Waals surface area (Å²) in [4.78, 5) is 10.8. The van der Waals surface area contributed by atoms with Crippen molar-refractivity contribution in [1.29, 1.82) is 0 Å². The molecule has 3 nitrogen and oxygen atoms in total. The molecule has 1 aromatic rings. The second kappa shape index (κ2) is 5.75. The Morgan fingerprint density at radius 2 is 2.19 bits per heavy atom. The summed E-state index contributed by atoms with van der Waals surface area (Å²) in [6, 6.07) is 5.43.